The third kappa shape index (κ3) is 5.02. The van der Waals surface area contributed by atoms with Gasteiger partial charge in [-0.05, 0) is 44.2 Å². The van der Waals surface area contributed by atoms with Crippen molar-refractivity contribution in [3.05, 3.63) is 59.7 Å². The van der Waals surface area contributed by atoms with E-state index in [1.807, 2.05) is 56.3 Å². The second-order valence-corrected chi connectivity index (χ2v) is 5.64. The van der Waals surface area contributed by atoms with Gasteiger partial charge in [0.2, 0.25) is 5.91 Å². The van der Waals surface area contributed by atoms with Crippen molar-refractivity contribution in [2.45, 2.75) is 19.9 Å². The summed E-state index contributed by atoms with van der Waals surface area (Å²) in [6.45, 7) is 4.40. The van der Waals surface area contributed by atoms with Crippen molar-refractivity contribution in [3.63, 3.8) is 0 Å². The standard InChI is InChI=1S/C21H25NO4/c1-5-26-19-9-7-6-8-16(19)10-13-21(23)22-15(2)18-14-17(24-3)11-12-20(18)25-4/h6-15H,5H2,1-4H3,(H,22,23)/b13-10+/t15-/m0/s1. The minimum atomic E-state index is -0.237. The van der Waals surface area contributed by atoms with Crippen molar-refractivity contribution in [1.29, 1.82) is 0 Å². The van der Waals surface area contributed by atoms with Crippen LogP contribution in [0.3, 0.4) is 0 Å². The molecule has 0 unspecified atom stereocenters. The fourth-order valence-electron chi connectivity index (χ4n) is 2.59. The molecule has 5 nitrogen and oxygen atoms in total. The fourth-order valence-corrected chi connectivity index (χ4v) is 2.59. The van der Waals surface area contributed by atoms with E-state index in [4.69, 9.17) is 14.2 Å². The van der Waals surface area contributed by atoms with Crippen LogP contribution in [-0.4, -0.2) is 26.7 Å². The summed E-state index contributed by atoms with van der Waals surface area (Å²) in [5.41, 5.74) is 1.71. The van der Waals surface area contributed by atoms with E-state index in [1.165, 1.54) is 6.08 Å². The Balaban J connectivity index is 2.10. The van der Waals surface area contributed by atoms with E-state index in [2.05, 4.69) is 5.32 Å². The van der Waals surface area contributed by atoms with Gasteiger partial charge in [0.25, 0.3) is 0 Å². The zero-order valence-corrected chi connectivity index (χ0v) is 15.6. The number of ether oxygens (including phenoxy) is 3. The monoisotopic (exact) mass is 355 g/mol. The summed E-state index contributed by atoms with van der Waals surface area (Å²) < 4.78 is 16.2. The molecule has 0 radical (unpaired) electrons. The normalized spacial score (nSPS) is 11.8. The van der Waals surface area contributed by atoms with Crippen molar-refractivity contribution in [2.75, 3.05) is 20.8 Å². The molecule has 2 aromatic rings. The number of hydrogen-bond acceptors (Lipinski definition) is 4. The topological polar surface area (TPSA) is 56.8 Å². The molecular formula is C21H25NO4. The molecule has 26 heavy (non-hydrogen) atoms. The second kappa shape index (κ2) is 9.51. The summed E-state index contributed by atoms with van der Waals surface area (Å²) in [7, 11) is 3.21. The molecule has 0 heterocycles. The third-order valence-corrected chi connectivity index (χ3v) is 3.90. The lowest BCUT2D eigenvalue weighted by Gasteiger charge is -2.17. The maximum atomic E-state index is 12.3. The predicted molar refractivity (Wildman–Crippen MR) is 103 cm³/mol. The van der Waals surface area contributed by atoms with Crippen LogP contribution < -0.4 is 19.5 Å². The molecule has 1 amide bonds. The van der Waals surface area contributed by atoms with E-state index in [0.29, 0.717) is 18.1 Å². The Morgan fingerprint density at radius 1 is 1.12 bits per heavy atom. The first-order valence-electron chi connectivity index (χ1n) is 8.51. The van der Waals surface area contributed by atoms with E-state index in [9.17, 15) is 4.79 Å². The van der Waals surface area contributed by atoms with Gasteiger partial charge in [-0.2, -0.15) is 0 Å². The van der Waals surface area contributed by atoms with Gasteiger partial charge in [-0.15, -0.1) is 0 Å². The highest BCUT2D eigenvalue weighted by molar-refractivity contribution is 5.92. The van der Waals surface area contributed by atoms with Gasteiger partial charge in [0.1, 0.15) is 17.2 Å². The first kappa shape index (κ1) is 19.4. The number of rotatable bonds is 8. The van der Waals surface area contributed by atoms with Gasteiger partial charge in [-0.25, -0.2) is 0 Å². The van der Waals surface area contributed by atoms with Crippen molar-refractivity contribution < 1.29 is 19.0 Å². The van der Waals surface area contributed by atoms with Crippen LogP contribution in [0, 0.1) is 0 Å². The molecule has 2 rings (SSSR count). The number of carbonyl (C=O) groups is 1. The van der Waals surface area contributed by atoms with Gasteiger partial charge in [-0.1, -0.05) is 18.2 Å². The predicted octanol–water partition coefficient (Wildman–Crippen LogP) is 3.99. The highest BCUT2D eigenvalue weighted by Crippen LogP contribution is 2.29. The van der Waals surface area contributed by atoms with Crippen LogP contribution >= 0.6 is 0 Å². The maximum absolute atomic E-state index is 12.3. The molecule has 0 aliphatic rings. The quantitative estimate of drug-likeness (QED) is 0.728. The molecule has 1 N–H and O–H groups in total. The van der Waals surface area contributed by atoms with Crippen LogP contribution in [0.2, 0.25) is 0 Å². The molecule has 138 valence electrons. The highest BCUT2D eigenvalue weighted by Gasteiger charge is 2.14. The number of amides is 1. The summed E-state index contributed by atoms with van der Waals surface area (Å²) in [6, 6.07) is 12.9. The smallest absolute Gasteiger partial charge is 0.244 e. The summed E-state index contributed by atoms with van der Waals surface area (Å²) >= 11 is 0. The third-order valence-electron chi connectivity index (χ3n) is 3.90. The number of nitrogens with one attached hydrogen (secondary N) is 1. The van der Waals surface area contributed by atoms with Crippen LogP contribution in [-0.2, 0) is 4.79 Å². The molecule has 0 saturated carbocycles. The molecule has 0 spiro atoms. The van der Waals surface area contributed by atoms with Gasteiger partial charge in [0.05, 0.1) is 26.9 Å². The molecule has 0 bridgehead atoms. The summed E-state index contributed by atoms with van der Waals surface area (Å²) in [4.78, 5) is 12.3. The van der Waals surface area contributed by atoms with Crippen LogP contribution in [0.25, 0.3) is 6.08 Å². The van der Waals surface area contributed by atoms with Gasteiger partial charge < -0.3 is 19.5 Å². The Kier molecular flexibility index (Phi) is 7.09. The second-order valence-electron chi connectivity index (χ2n) is 5.64. The van der Waals surface area contributed by atoms with Crippen molar-refractivity contribution >= 4 is 12.0 Å². The first-order valence-corrected chi connectivity index (χ1v) is 8.51. The Morgan fingerprint density at radius 2 is 1.88 bits per heavy atom. The SMILES string of the molecule is CCOc1ccccc1/C=C/C(=O)N[C@@H](C)c1cc(OC)ccc1OC. The molecular weight excluding hydrogens is 330 g/mol. The number of para-hydroxylation sites is 1. The minimum Gasteiger partial charge on any atom is -0.497 e. The number of hydrogen-bond donors (Lipinski definition) is 1. The van der Waals surface area contributed by atoms with Gasteiger partial charge in [0, 0.05) is 17.2 Å². The van der Waals surface area contributed by atoms with Crippen molar-refractivity contribution in [2.24, 2.45) is 0 Å². The molecule has 0 aliphatic heterocycles. The molecule has 5 heteroatoms. The lowest BCUT2D eigenvalue weighted by Crippen LogP contribution is -2.25. The van der Waals surface area contributed by atoms with Crippen LogP contribution in [0.15, 0.2) is 48.5 Å². The number of methoxy groups -OCH3 is 2. The van der Waals surface area contributed by atoms with E-state index < -0.39 is 0 Å². The largest absolute Gasteiger partial charge is 0.497 e. The zero-order valence-electron chi connectivity index (χ0n) is 15.6. The van der Waals surface area contributed by atoms with Crippen molar-refractivity contribution in [3.8, 4) is 17.2 Å². The van der Waals surface area contributed by atoms with Crippen LogP contribution in [0.1, 0.15) is 31.0 Å². The van der Waals surface area contributed by atoms with E-state index in [1.54, 1.807) is 20.3 Å². The summed E-state index contributed by atoms with van der Waals surface area (Å²) in [5, 5.41) is 2.94. The Morgan fingerprint density at radius 3 is 2.58 bits per heavy atom. The molecule has 1 atom stereocenters. The summed E-state index contributed by atoms with van der Waals surface area (Å²) in [5.74, 6) is 1.96. The maximum Gasteiger partial charge on any atom is 0.244 e. The summed E-state index contributed by atoms with van der Waals surface area (Å²) in [6.07, 6.45) is 3.25. The Labute approximate surface area is 154 Å². The fraction of sp³-hybridized carbons (Fsp3) is 0.286. The van der Waals surface area contributed by atoms with Crippen molar-refractivity contribution in [1.82, 2.24) is 5.32 Å². The zero-order chi connectivity index (χ0) is 18.9. The van der Waals surface area contributed by atoms with Gasteiger partial charge in [0.15, 0.2) is 0 Å². The van der Waals surface area contributed by atoms with Gasteiger partial charge >= 0.3 is 0 Å². The molecule has 0 saturated heterocycles. The lowest BCUT2D eigenvalue weighted by atomic mass is 10.1. The van der Waals surface area contributed by atoms with E-state index in [-0.39, 0.29) is 11.9 Å². The number of benzene rings is 2. The highest BCUT2D eigenvalue weighted by atomic mass is 16.5. The lowest BCUT2D eigenvalue weighted by molar-refractivity contribution is -0.117. The minimum absolute atomic E-state index is 0.200. The Bertz CT molecular complexity index is 770. The molecule has 2 aromatic carbocycles. The van der Waals surface area contributed by atoms with Crippen LogP contribution in [0.5, 0.6) is 17.2 Å². The first-order chi connectivity index (χ1) is 12.6. The molecule has 0 aromatic heterocycles. The average Bonchev–Trinajstić information content (AvgIpc) is 2.67. The molecule has 0 fully saturated rings. The average molecular weight is 355 g/mol. The Hall–Kier alpha value is -2.95. The van der Waals surface area contributed by atoms with E-state index in [0.717, 1.165) is 16.9 Å². The molecule has 0 aliphatic carbocycles. The van der Waals surface area contributed by atoms with E-state index >= 15 is 0 Å². The number of carbonyl (C=O) groups excluding carboxylic acids is 1. The van der Waals surface area contributed by atoms with Crippen LogP contribution in [0.4, 0.5) is 0 Å². The van der Waals surface area contributed by atoms with Gasteiger partial charge in [-0.3, -0.25) is 4.79 Å².